The van der Waals surface area contributed by atoms with Gasteiger partial charge in [0.1, 0.15) is 5.60 Å². The molecule has 0 heterocycles. The lowest BCUT2D eigenvalue weighted by Crippen LogP contribution is -2.47. The number of carbonyl (C=O) groups is 1. The minimum Gasteiger partial charge on any atom is -0.444 e. The first-order chi connectivity index (χ1) is 7.90. The molecule has 1 aliphatic carbocycles. The van der Waals surface area contributed by atoms with E-state index in [0.29, 0.717) is 18.7 Å². The lowest BCUT2D eigenvalue weighted by molar-refractivity contribution is 0.0174. The Bertz CT molecular complexity index is 245. The SMILES string of the molecule is COC1CC(NCCNC(=O)OC(C)(C)C)C1. The van der Waals surface area contributed by atoms with Crippen molar-refractivity contribution in [1.29, 1.82) is 0 Å². The molecule has 2 N–H and O–H groups in total. The van der Waals surface area contributed by atoms with Crippen molar-refractivity contribution >= 4 is 6.09 Å². The van der Waals surface area contributed by atoms with Crippen molar-refractivity contribution in [3.05, 3.63) is 0 Å². The van der Waals surface area contributed by atoms with Gasteiger partial charge < -0.3 is 20.1 Å². The molecule has 0 radical (unpaired) electrons. The standard InChI is InChI=1S/C12H24N2O3/c1-12(2,3)17-11(15)14-6-5-13-9-7-10(8-9)16-4/h9-10,13H,5-8H2,1-4H3,(H,14,15). The van der Waals surface area contributed by atoms with Gasteiger partial charge in [-0.25, -0.2) is 4.79 Å². The van der Waals surface area contributed by atoms with Gasteiger partial charge in [0.05, 0.1) is 6.10 Å². The third-order valence-corrected chi connectivity index (χ3v) is 2.65. The predicted molar refractivity (Wildman–Crippen MR) is 66.1 cm³/mol. The van der Waals surface area contributed by atoms with Crippen LogP contribution in [0, 0.1) is 0 Å². The monoisotopic (exact) mass is 244 g/mol. The highest BCUT2D eigenvalue weighted by Gasteiger charge is 2.28. The molecule has 5 nitrogen and oxygen atoms in total. The fourth-order valence-corrected chi connectivity index (χ4v) is 1.68. The molecule has 0 saturated heterocycles. The number of amides is 1. The normalized spacial score (nSPS) is 24.0. The van der Waals surface area contributed by atoms with E-state index in [1.54, 1.807) is 7.11 Å². The molecule has 100 valence electrons. The number of rotatable bonds is 5. The van der Waals surface area contributed by atoms with E-state index in [2.05, 4.69) is 10.6 Å². The minimum atomic E-state index is -0.433. The molecule has 1 fully saturated rings. The van der Waals surface area contributed by atoms with E-state index in [4.69, 9.17) is 9.47 Å². The predicted octanol–water partition coefficient (Wildman–Crippen LogP) is 1.28. The second kappa shape index (κ2) is 6.21. The summed E-state index contributed by atoms with van der Waals surface area (Å²) in [6.07, 6.45) is 2.17. The number of hydrogen-bond acceptors (Lipinski definition) is 4. The van der Waals surface area contributed by atoms with E-state index in [-0.39, 0.29) is 6.09 Å². The summed E-state index contributed by atoms with van der Waals surface area (Å²) in [5.74, 6) is 0. The zero-order valence-electron chi connectivity index (χ0n) is 11.2. The summed E-state index contributed by atoms with van der Waals surface area (Å²) in [6.45, 7) is 6.90. The van der Waals surface area contributed by atoms with Gasteiger partial charge in [0.2, 0.25) is 0 Å². The van der Waals surface area contributed by atoms with Gasteiger partial charge in [-0.15, -0.1) is 0 Å². The third kappa shape index (κ3) is 5.89. The Morgan fingerprint density at radius 2 is 1.94 bits per heavy atom. The Kier molecular flexibility index (Phi) is 5.21. The van der Waals surface area contributed by atoms with Crippen molar-refractivity contribution in [2.75, 3.05) is 20.2 Å². The molecule has 0 aromatic carbocycles. The Labute approximate surface area is 103 Å². The highest BCUT2D eigenvalue weighted by atomic mass is 16.6. The van der Waals surface area contributed by atoms with Crippen molar-refractivity contribution < 1.29 is 14.3 Å². The highest BCUT2D eigenvalue weighted by molar-refractivity contribution is 5.67. The molecule has 0 aliphatic heterocycles. The van der Waals surface area contributed by atoms with Crippen molar-refractivity contribution in [3.8, 4) is 0 Å². The molecule has 1 saturated carbocycles. The second-order valence-electron chi connectivity index (χ2n) is 5.41. The maximum atomic E-state index is 11.3. The zero-order valence-corrected chi connectivity index (χ0v) is 11.2. The zero-order chi connectivity index (χ0) is 12.9. The Morgan fingerprint density at radius 1 is 1.29 bits per heavy atom. The molecule has 0 unspecified atom stereocenters. The van der Waals surface area contributed by atoms with Crippen LogP contribution in [0.2, 0.25) is 0 Å². The van der Waals surface area contributed by atoms with Crippen LogP contribution >= 0.6 is 0 Å². The van der Waals surface area contributed by atoms with E-state index in [0.717, 1.165) is 19.4 Å². The first kappa shape index (κ1) is 14.3. The molecule has 0 spiro atoms. The largest absolute Gasteiger partial charge is 0.444 e. The Morgan fingerprint density at radius 3 is 2.47 bits per heavy atom. The number of ether oxygens (including phenoxy) is 2. The topological polar surface area (TPSA) is 59.6 Å². The molecule has 0 atom stereocenters. The molecule has 0 aromatic rings. The summed E-state index contributed by atoms with van der Waals surface area (Å²) >= 11 is 0. The first-order valence-corrected chi connectivity index (χ1v) is 6.14. The van der Waals surface area contributed by atoms with Gasteiger partial charge in [-0.05, 0) is 33.6 Å². The summed E-state index contributed by atoms with van der Waals surface area (Å²) in [5, 5.41) is 6.06. The third-order valence-electron chi connectivity index (χ3n) is 2.65. The Hall–Kier alpha value is -0.810. The molecular formula is C12H24N2O3. The summed E-state index contributed by atoms with van der Waals surface area (Å²) < 4.78 is 10.3. The maximum Gasteiger partial charge on any atom is 0.407 e. The van der Waals surface area contributed by atoms with E-state index < -0.39 is 5.60 Å². The molecule has 5 heteroatoms. The van der Waals surface area contributed by atoms with Gasteiger partial charge in [0, 0.05) is 26.2 Å². The van der Waals surface area contributed by atoms with Crippen LogP contribution in [0.4, 0.5) is 4.79 Å². The van der Waals surface area contributed by atoms with Crippen LogP contribution in [-0.2, 0) is 9.47 Å². The second-order valence-corrected chi connectivity index (χ2v) is 5.41. The summed E-state index contributed by atoms with van der Waals surface area (Å²) in [5.41, 5.74) is -0.433. The smallest absolute Gasteiger partial charge is 0.407 e. The summed E-state index contributed by atoms with van der Waals surface area (Å²) in [7, 11) is 1.74. The molecule has 17 heavy (non-hydrogen) atoms. The molecule has 1 aliphatic rings. The highest BCUT2D eigenvalue weighted by Crippen LogP contribution is 2.21. The first-order valence-electron chi connectivity index (χ1n) is 6.14. The minimum absolute atomic E-state index is 0.359. The lowest BCUT2D eigenvalue weighted by atomic mass is 9.89. The molecule has 1 amide bonds. The summed E-state index contributed by atoms with van der Waals surface area (Å²) in [4.78, 5) is 11.3. The van der Waals surface area contributed by atoms with Crippen LogP contribution in [-0.4, -0.2) is 44.0 Å². The van der Waals surface area contributed by atoms with E-state index in [1.807, 2.05) is 20.8 Å². The number of nitrogens with one attached hydrogen (secondary N) is 2. The van der Waals surface area contributed by atoms with Crippen LogP contribution in [0.5, 0.6) is 0 Å². The van der Waals surface area contributed by atoms with Crippen LogP contribution in [0.25, 0.3) is 0 Å². The van der Waals surface area contributed by atoms with Crippen LogP contribution < -0.4 is 10.6 Å². The molecule has 1 rings (SSSR count). The lowest BCUT2D eigenvalue weighted by Gasteiger charge is -2.34. The molecule has 0 aromatic heterocycles. The van der Waals surface area contributed by atoms with Crippen molar-refractivity contribution in [2.45, 2.75) is 51.4 Å². The quantitative estimate of drug-likeness (QED) is 0.715. The van der Waals surface area contributed by atoms with Crippen LogP contribution in [0.3, 0.4) is 0 Å². The Balaban J connectivity index is 1.96. The summed E-state index contributed by atoms with van der Waals surface area (Å²) in [6, 6.07) is 0.528. The van der Waals surface area contributed by atoms with Gasteiger partial charge in [-0.3, -0.25) is 0 Å². The fourth-order valence-electron chi connectivity index (χ4n) is 1.68. The average Bonchev–Trinajstić information content (AvgIpc) is 2.11. The van der Waals surface area contributed by atoms with Crippen molar-refractivity contribution in [3.63, 3.8) is 0 Å². The van der Waals surface area contributed by atoms with Gasteiger partial charge in [-0.1, -0.05) is 0 Å². The van der Waals surface area contributed by atoms with E-state index in [9.17, 15) is 4.79 Å². The van der Waals surface area contributed by atoms with E-state index >= 15 is 0 Å². The van der Waals surface area contributed by atoms with Gasteiger partial charge in [-0.2, -0.15) is 0 Å². The van der Waals surface area contributed by atoms with Gasteiger partial charge in [0.25, 0.3) is 0 Å². The average molecular weight is 244 g/mol. The number of alkyl carbamates (subject to hydrolysis) is 1. The number of hydrogen-bond donors (Lipinski definition) is 2. The van der Waals surface area contributed by atoms with Crippen molar-refractivity contribution in [2.24, 2.45) is 0 Å². The number of carbonyl (C=O) groups excluding carboxylic acids is 1. The number of methoxy groups -OCH3 is 1. The van der Waals surface area contributed by atoms with Crippen molar-refractivity contribution in [1.82, 2.24) is 10.6 Å². The molecule has 0 bridgehead atoms. The van der Waals surface area contributed by atoms with Gasteiger partial charge >= 0.3 is 6.09 Å². The van der Waals surface area contributed by atoms with Crippen LogP contribution in [0.15, 0.2) is 0 Å². The maximum absolute atomic E-state index is 11.3. The fraction of sp³-hybridized carbons (Fsp3) is 0.917. The molecular weight excluding hydrogens is 220 g/mol. The van der Waals surface area contributed by atoms with E-state index in [1.165, 1.54) is 0 Å². The van der Waals surface area contributed by atoms with Crippen LogP contribution in [0.1, 0.15) is 33.6 Å². The van der Waals surface area contributed by atoms with Gasteiger partial charge in [0.15, 0.2) is 0 Å².